The Balaban J connectivity index is 2.37. The van der Waals surface area contributed by atoms with E-state index in [4.69, 9.17) is 9.52 Å². The van der Waals surface area contributed by atoms with Gasteiger partial charge in [0.25, 0.3) is 0 Å². The van der Waals surface area contributed by atoms with Crippen LogP contribution in [0.2, 0.25) is 0 Å². The molecular weight excluding hydrogens is 230 g/mol. The summed E-state index contributed by atoms with van der Waals surface area (Å²) in [5.41, 5.74) is 0.0344. The number of rotatable bonds is 4. The highest BCUT2D eigenvalue weighted by Gasteiger charge is 2.41. The third-order valence-electron chi connectivity index (χ3n) is 3.81. The molecule has 0 atom stereocenters. The van der Waals surface area contributed by atoms with E-state index in [0.717, 1.165) is 19.3 Å². The third-order valence-corrected chi connectivity index (χ3v) is 3.81. The first-order chi connectivity index (χ1) is 8.44. The molecule has 0 radical (unpaired) electrons. The summed E-state index contributed by atoms with van der Waals surface area (Å²) in [6.07, 6.45) is 5.49. The summed E-state index contributed by atoms with van der Waals surface area (Å²) in [6.45, 7) is 6.06. The molecule has 1 N–H and O–H groups in total. The molecule has 18 heavy (non-hydrogen) atoms. The molecule has 1 aromatic heterocycles. The van der Waals surface area contributed by atoms with Gasteiger partial charge in [0.1, 0.15) is 5.76 Å². The number of oxazole rings is 1. The molecule has 4 heteroatoms. The van der Waals surface area contributed by atoms with Crippen molar-refractivity contribution in [3.8, 4) is 0 Å². The number of aryl methyl sites for hydroxylation is 1. The molecule has 1 saturated carbocycles. The Kier molecular flexibility index (Phi) is 3.46. The van der Waals surface area contributed by atoms with Crippen LogP contribution < -0.4 is 0 Å². The molecule has 0 amide bonds. The van der Waals surface area contributed by atoms with Gasteiger partial charge in [-0.1, -0.05) is 26.7 Å². The average molecular weight is 251 g/mol. The maximum absolute atomic E-state index is 11.1. The smallest absolute Gasteiger partial charge is 0.358 e. The molecule has 0 aliphatic heterocycles. The molecule has 0 aromatic carbocycles. The molecule has 1 fully saturated rings. The van der Waals surface area contributed by atoms with Crippen LogP contribution in [-0.4, -0.2) is 16.1 Å². The lowest BCUT2D eigenvalue weighted by Gasteiger charge is -2.27. The predicted octanol–water partition coefficient (Wildman–Crippen LogP) is 3.54. The van der Waals surface area contributed by atoms with Crippen molar-refractivity contribution in [3.05, 3.63) is 17.3 Å². The van der Waals surface area contributed by atoms with E-state index >= 15 is 0 Å². The van der Waals surface area contributed by atoms with E-state index in [1.807, 2.05) is 0 Å². The van der Waals surface area contributed by atoms with Gasteiger partial charge >= 0.3 is 5.97 Å². The number of aromatic nitrogens is 1. The van der Waals surface area contributed by atoms with E-state index in [1.54, 1.807) is 6.92 Å². The van der Waals surface area contributed by atoms with Gasteiger partial charge in [-0.3, -0.25) is 0 Å². The van der Waals surface area contributed by atoms with Gasteiger partial charge in [0, 0.05) is 5.41 Å². The van der Waals surface area contributed by atoms with Gasteiger partial charge in [0.2, 0.25) is 5.89 Å². The summed E-state index contributed by atoms with van der Waals surface area (Å²) < 4.78 is 5.67. The van der Waals surface area contributed by atoms with Gasteiger partial charge in [-0.25, -0.2) is 9.78 Å². The Bertz CT molecular complexity index is 442. The van der Waals surface area contributed by atoms with Crippen LogP contribution in [0.15, 0.2) is 4.42 Å². The van der Waals surface area contributed by atoms with Crippen LogP contribution >= 0.6 is 0 Å². The number of carbonyl (C=O) groups is 1. The largest absolute Gasteiger partial charge is 0.476 e. The molecule has 1 heterocycles. The summed E-state index contributed by atoms with van der Waals surface area (Å²) >= 11 is 0. The van der Waals surface area contributed by atoms with Crippen molar-refractivity contribution in [1.82, 2.24) is 4.98 Å². The molecule has 0 bridgehead atoms. The quantitative estimate of drug-likeness (QED) is 0.889. The van der Waals surface area contributed by atoms with E-state index in [1.165, 1.54) is 12.8 Å². The van der Waals surface area contributed by atoms with E-state index in [9.17, 15) is 4.79 Å². The van der Waals surface area contributed by atoms with Crippen LogP contribution in [0.3, 0.4) is 0 Å². The van der Waals surface area contributed by atoms with Crippen molar-refractivity contribution in [2.45, 2.75) is 58.3 Å². The van der Waals surface area contributed by atoms with Crippen LogP contribution in [-0.2, 0) is 5.41 Å². The van der Waals surface area contributed by atoms with E-state index in [0.29, 0.717) is 17.6 Å². The predicted molar refractivity (Wildman–Crippen MR) is 67.8 cm³/mol. The number of hydrogen-bond acceptors (Lipinski definition) is 3. The normalized spacial score (nSPS) is 18.4. The lowest BCUT2D eigenvalue weighted by molar-refractivity contribution is 0.0689. The number of nitrogens with zero attached hydrogens (tertiary/aromatic N) is 1. The molecule has 4 nitrogen and oxygen atoms in total. The van der Waals surface area contributed by atoms with Gasteiger partial charge < -0.3 is 9.52 Å². The summed E-state index contributed by atoms with van der Waals surface area (Å²) in [7, 11) is 0. The Labute approximate surface area is 107 Å². The summed E-state index contributed by atoms with van der Waals surface area (Å²) in [4.78, 5) is 15.3. The average Bonchev–Trinajstić information content (AvgIpc) is 2.84. The van der Waals surface area contributed by atoms with Crippen molar-refractivity contribution in [1.29, 1.82) is 0 Å². The van der Waals surface area contributed by atoms with E-state index in [-0.39, 0.29) is 11.1 Å². The standard InChI is InChI=1S/C14H21NO3/c1-9(2)8-14(6-4-5-7-14)13-15-11(12(16)17)10(3)18-13/h9H,4-8H2,1-3H3,(H,16,17). The highest BCUT2D eigenvalue weighted by molar-refractivity contribution is 5.86. The van der Waals surface area contributed by atoms with Gasteiger partial charge in [0.15, 0.2) is 5.69 Å². The Hall–Kier alpha value is -1.32. The lowest BCUT2D eigenvalue weighted by atomic mass is 9.78. The van der Waals surface area contributed by atoms with Crippen molar-refractivity contribution in [3.63, 3.8) is 0 Å². The second-order valence-corrected chi connectivity index (χ2v) is 5.81. The van der Waals surface area contributed by atoms with Crippen LogP contribution in [0.1, 0.15) is 68.1 Å². The fourth-order valence-corrected chi connectivity index (χ4v) is 3.16. The van der Waals surface area contributed by atoms with Gasteiger partial charge in [-0.05, 0) is 32.1 Å². The number of aromatic carboxylic acids is 1. The van der Waals surface area contributed by atoms with Crippen molar-refractivity contribution in [2.75, 3.05) is 0 Å². The van der Waals surface area contributed by atoms with Crippen LogP contribution in [0, 0.1) is 12.8 Å². The number of carboxylic acids is 1. The fraction of sp³-hybridized carbons (Fsp3) is 0.714. The molecule has 0 saturated heterocycles. The van der Waals surface area contributed by atoms with E-state index in [2.05, 4.69) is 18.8 Å². The molecular formula is C14H21NO3. The highest BCUT2D eigenvalue weighted by Crippen LogP contribution is 2.45. The van der Waals surface area contributed by atoms with Crippen molar-refractivity contribution in [2.24, 2.45) is 5.92 Å². The monoisotopic (exact) mass is 251 g/mol. The lowest BCUT2D eigenvalue weighted by Crippen LogP contribution is -2.25. The zero-order chi connectivity index (χ0) is 13.3. The fourth-order valence-electron chi connectivity index (χ4n) is 3.16. The molecule has 1 aliphatic rings. The SMILES string of the molecule is Cc1oc(C2(CC(C)C)CCCC2)nc1C(=O)O. The Morgan fingerprint density at radius 3 is 2.50 bits per heavy atom. The van der Waals surface area contributed by atoms with Crippen molar-refractivity contribution >= 4 is 5.97 Å². The van der Waals surface area contributed by atoms with Gasteiger partial charge in [0.05, 0.1) is 0 Å². The minimum absolute atomic E-state index is 0.0351. The van der Waals surface area contributed by atoms with Crippen LogP contribution in [0.4, 0.5) is 0 Å². The maximum Gasteiger partial charge on any atom is 0.358 e. The van der Waals surface area contributed by atoms with E-state index < -0.39 is 5.97 Å². The first-order valence-corrected chi connectivity index (χ1v) is 6.66. The maximum atomic E-state index is 11.1. The molecule has 2 rings (SSSR count). The highest BCUT2D eigenvalue weighted by atomic mass is 16.4. The Morgan fingerprint density at radius 1 is 1.44 bits per heavy atom. The molecule has 1 aliphatic carbocycles. The van der Waals surface area contributed by atoms with Crippen LogP contribution in [0.5, 0.6) is 0 Å². The van der Waals surface area contributed by atoms with Crippen molar-refractivity contribution < 1.29 is 14.3 Å². The summed E-state index contributed by atoms with van der Waals surface area (Å²) in [5, 5.41) is 9.07. The molecule has 0 unspecified atom stereocenters. The molecule has 100 valence electrons. The molecule has 1 aromatic rings. The van der Waals surface area contributed by atoms with Gasteiger partial charge in [-0.2, -0.15) is 0 Å². The third kappa shape index (κ3) is 2.28. The molecule has 0 spiro atoms. The van der Waals surface area contributed by atoms with Crippen LogP contribution in [0.25, 0.3) is 0 Å². The van der Waals surface area contributed by atoms with Gasteiger partial charge in [-0.15, -0.1) is 0 Å². The minimum atomic E-state index is -1.000. The minimum Gasteiger partial charge on any atom is -0.476 e. The second kappa shape index (κ2) is 4.75. The summed E-state index contributed by atoms with van der Waals surface area (Å²) in [5.74, 6) is 0.625. The number of carboxylic acid groups (broad SMARTS) is 1. The first-order valence-electron chi connectivity index (χ1n) is 6.66. The summed E-state index contributed by atoms with van der Waals surface area (Å²) in [6, 6.07) is 0. The Morgan fingerprint density at radius 2 is 2.06 bits per heavy atom. The number of hydrogen-bond donors (Lipinski definition) is 1. The second-order valence-electron chi connectivity index (χ2n) is 5.81. The first kappa shape index (κ1) is 13.1. The topological polar surface area (TPSA) is 63.3 Å². The zero-order valence-corrected chi connectivity index (χ0v) is 11.3. The zero-order valence-electron chi connectivity index (χ0n) is 11.3.